The maximum absolute atomic E-state index is 9.66. The summed E-state index contributed by atoms with van der Waals surface area (Å²) in [6.07, 6.45) is 9.63. The third-order valence-corrected chi connectivity index (χ3v) is 7.22. The fourth-order valence-electron chi connectivity index (χ4n) is 5.07. The van der Waals surface area contributed by atoms with E-state index < -0.39 is 0 Å². The monoisotopic (exact) mass is 499 g/mol. The number of hydrogen-bond acceptors (Lipinski definition) is 8. The molecule has 2 aliphatic heterocycles. The Morgan fingerprint density at radius 3 is 2.89 bits per heavy atom. The normalized spacial score (nSPS) is 20.7. The van der Waals surface area contributed by atoms with Gasteiger partial charge in [0.25, 0.3) is 0 Å². The van der Waals surface area contributed by atoms with Gasteiger partial charge in [0.2, 0.25) is 0 Å². The summed E-state index contributed by atoms with van der Waals surface area (Å²) in [5.41, 5.74) is 10.5. The molecule has 3 aromatic rings. The predicted octanol–water partition coefficient (Wildman–Crippen LogP) is 3.75. The lowest BCUT2D eigenvalue weighted by Crippen LogP contribution is -2.49. The van der Waals surface area contributed by atoms with Gasteiger partial charge in [-0.3, -0.25) is 14.9 Å². The number of aromatic nitrogens is 3. The van der Waals surface area contributed by atoms with Crippen LogP contribution in [0.4, 0.5) is 0 Å². The number of pyridine rings is 2. The van der Waals surface area contributed by atoms with Gasteiger partial charge in [-0.15, -0.1) is 0 Å². The molecule has 2 aliphatic rings. The van der Waals surface area contributed by atoms with Crippen molar-refractivity contribution in [3.05, 3.63) is 65.9 Å². The first kappa shape index (κ1) is 24.9. The summed E-state index contributed by atoms with van der Waals surface area (Å²) in [6.45, 7) is 7.78. The van der Waals surface area contributed by atoms with Crippen LogP contribution in [0.5, 0.6) is 5.75 Å². The van der Waals surface area contributed by atoms with Gasteiger partial charge in [-0.1, -0.05) is 6.07 Å². The van der Waals surface area contributed by atoms with Crippen molar-refractivity contribution in [2.45, 2.75) is 51.3 Å². The highest BCUT2D eigenvalue weighted by Gasteiger charge is 2.28. The molecule has 5 heterocycles. The SMILES string of the molecule is CC(=N[C@@H]1CCCN(C2COC2)CC1)/C(=C\N)c1cc(O[C@H](C)c2ccccn2)c2c(C#N)cnn2c1. The smallest absolute Gasteiger partial charge is 0.148 e. The van der Waals surface area contributed by atoms with Crippen LogP contribution in [0.2, 0.25) is 0 Å². The van der Waals surface area contributed by atoms with Crippen LogP contribution >= 0.6 is 0 Å². The summed E-state index contributed by atoms with van der Waals surface area (Å²) >= 11 is 0. The number of rotatable bonds is 7. The van der Waals surface area contributed by atoms with E-state index in [4.69, 9.17) is 20.2 Å². The fraction of sp³-hybridized carbons (Fsp3) is 0.429. The molecule has 2 saturated heterocycles. The second kappa shape index (κ2) is 11.1. The summed E-state index contributed by atoms with van der Waals surface area (Å²) in [6, 6.07) is 10.7. The highest BCUT2D eigenvalue weighted by atomic mass is 16.5. The molecule has 0 radical (unpaired) electrons. The Kier molecular flexibility index (Phi) is 7.49. The van der Waals surface area contributed by atoms with Gasteiger partial charge in [-0.05, 0) is 57.9 Å². The van der Waals surface area contributed by atoms with E-state index in [0.29, 0.717) is 22.9 Å². The van der Waals surface area contributed by atoms with Crippen molar-refractivity contribution in [2.24, 2.45) is 10.7 Å². The molecule has 0 aromatic carbocycles. The van der Waals surface area contributed by atoms with Crippen molar-refractivity contribution in [2.75, 3.05) is 26.3 Å². The van der Waals surface area contributed by atoms with Gasteiger partial charge in [-0.25, -0.2) is 4.52 Å². The quantitative estimate of drug-likeness (QED) is 0.492. The molecule has 5 rings (SSSR count). The maximum atomic E-state index is 9.66. The van der Waals surface area contributed by atoms with E-state index in [9.17, 15) is 5.26 Å². The molecule has 0 bridgehead atoms. The second-order valence-electron chi connectivity index (χ2n) is 9.68. The number of allylic oxidation sites excluding steroid dienone is 1. The topological polar surface area (TPSA) is 114 Å². The summed E-state index contributed by atoms with van der Waals surface area (Å²) in [7, 11) is 0. The Balaban J connectivity index is 1.42. The molecule has 2 atom stereocenters. The van der Waals surface area contributed by atoms with Crippen molar-refractivity contribution in [1.82, 2.24) is 19.5 Å². The average Bonchev–Trinajstić information content (AvgIpc) is 3.17. The molecular formula is C28H33N7O2. The van der Waals surface area contributed by atoms with Crippen LogP contribution in [0.3, 0.4) is 0 Å². The van der Waals surface area contributed by atoms with Crippen molar-refractivity contribution < 1.29 is 9.47 Å². The minimum Gasteiger partial charge on any atom is -0.482 e. The van der Waals surface area contributed by atoms with Crippen LogP contribution in [0, 0.1) is 11.3 Å². The number of ether oxygens (including phenoxy) is 2. The third-order valence-electron chi connectivity index (χ3n) is 7.22. The zero-order valence-electron chi connectivity index (χ0n) is 21.4. The standard InChI is InChI=1S/C28H33N7O2/c1-19(33-23-6-5-10-34(11-8-23)24-17-36-18-24)25(14-30)21-12-27(28-22(13-29)15-32-35(28)16-21)37-20(2)26-7-3-4-9-31-26/h3-4,7,9,12,14-16,20,23-24H,5-6,8,10-11,17-18,30H2,1-2H3/b25-14+,33-19?/t20-,23-/m1/s1. The summed E-state index contributed by atoms with van der Waals surface area (Å²) in [4.78, 5) is 12.1. The lowest BCUT2D eigenvalue weighted by molar-refractivity contribution is -0.0637. The molecular weight excluding hydrogens is 466 g/mol. The van der Waals surface area contributed by atoms with E-state index in [1.165, 1.54) is 0 Å². The molecule has 3 aromatic heterocycles. The largest absolute Gasteiger partial charge is 0.482 e. The molecule has 0 spiro atoms. The maximum Gasteiger partial charge on any atom is 0.148 e. The lowest BCUT2D eigenvalue weighted by atomic mass is 10.0. The van der Waals surface area contributed by atoms with Gasteiger partial charge < -0.3 is 15.2 Å². The van der Waals surface area contributed by atoms with Crippen LogP contribution < -0.4 is 10.5 Å². The van der Waals surface area contributed by atoms with Crippen LogP contribution in [-0.4, -0.2) is 63.6 Å². The number of likely N-dealkylation sites (tertiary alicyclic amines) is 1. The summed E-state index contributed by atoms with van der Waals surface area (Å²) < 4.78 is 13.4. The van der Waals surface area contributed by atoms with Gasteiger partial charge in [-0.2, -0.15) is 10.4 Å². The first-order valence-electron chi connectivity index (χ1n) is 12.8. The molecule has 192 valence electrons. The Labute approximate surface area is 217 Å². The van der Waals surface area contributed by atoms with E-state index in [1.54, 1.807) is 23.1 Å². The number of nitriles is 1. The minimum absolute atomic E-state index is 0.250. The van der Waals surface area contributed by atoms with Crippen molar-refractivity contribution in [3.8, 4) is 11.8 Å². The molecule has 2 N–H and O–H groups in total. The number of nitrogens with two attached hydrogens (primary N) is 1. The predicted molar refractivity (Wildman–Crippen MR) is 142 cm³/mol. The number of hydrogen-bond donors (Lipinski definition) is 1. The fourth-order valence-corrected chi connectivity index (χ4v) is 5.07. The molecule has 37 heavy (non-hydrogen) atoms. The molecule has 0 unspecified atom stereocenters. The third kappa shape index (κ3) is 5.36. The number of nitrogens with zero attached hydrogens (tertiary/aromatic N) is 6. The van der Waals surface area contributed by atoms with Crippen LogP contribution in [-0.2, 0) is 4.74 Å². The Morgan fingerprint density at radius 1 is 1.32 bits per heavy atom. The van der Waals surface area contributed by atoms with Crippen LogP contribution in [0.1, 0.15) is 56.0 Å². The Bertz CT molecular complexity index is 1340. The van der Waals surface area contributed by atoms with E-state index in [2.05, 4.69) is 21.1 Å². The highest BCUT2D eigenvalue weighted by Crippen LogP contribution is 2.32. The van der Waals surface area contributed by atoms with E-state index in [0.717, 1.165) is 68.1 Å². The van der Waals surface area contributed by atoms with Crippen molar-refractivity contribution >= 4 is 16.8 Å². The van der Waals surface area contributed by atoms with E-state index in [1.807, 2.05) is 44.3 Å². The van der Waals surface area contributed by atoms with Crippen molar-refractivity contribution in [3.63, 3.8) is 0 Å². The summed E-state index contributed by atoms with van der Waals surface area (Å²) in [5.74, 6) is 0.546. The van der Waals surface area contributed by atoms with E-state index >= 15 is 0 Å². The van der Waals surface area contributed by atoms with E-state index in [-0.39, 0.29) is 12.1 Å². The molecule has 0 amide bonds. The van der Waals surface area contributed by atoms with Gasteiger partial charge in [0.05, 0.1) is 37.2 Å². The van der Waals surface area contributed by atoms with Crippen LogP contribution in [0.15, 0.2) is 54.0 Å². The van der Waals surface area contributed by atoms with Gasteiger partial charge in [0, 0.05) is 42.0 Å². The minimum atomic E-state index is -0.322. The number of aliphatic imine (C=N–C) groups is 1. The van der Waals surface area contributed by atoms with Gasteiger partial charge in [0.15, 0.2) is 0 Å². The molecule has 0 saturated carbocycles. The molecule has 9 nitrogen and oxygen atoms in total. The summed E-state index contributed by atoms with van der Waals surface area (Å²) in [5, 5.41) is 14.1. The average molecular weight is 500 g/mol. The van der Waals surface area contributed by atoms with Gasteiger partial charge in [0.1, 0.15) is 29.0 Å². The van der Waals surface area contributed by atoms with Crippen LogP contribution in [0.25, 0.3) is 11.1 Å². The van der Waals surface area contributed by atoms with Crippen molar-refractivity contribution in [1.29, 1.82) is 5.26 Å². The highest BCUT2D eigenvalue weighted by molar-refractivity contribution is 6.22. The number of fused-ring (bicyclic) bond motifs is 1. The lowest BCUT2D eigenvalue weighted by Gasteiger charge is -2.36. The molecule has 9 heteroatoms. The Hall–Kier alpha value is -3.74. The zero-order chi connectivity index (χ0) is 25.8. The first-order valence-corrected chi connectivity index (χ1v) is 12.8. The Morgan fingerprint density at radius 2 is 2.19 bits per heavy atom. The second-order valence-corrected chi connectivity index (χ2v) is 9.68. The zero-order valence-corrected chi connectivity index (χ0v) is 21.4. The first-order chi connectivity index (χ1) is 18.1. The molecule has 0 aliphatic carbocycles. The van der Waals surface area contributed by atoms with Gasteiger partial charge >= 0.3 is 0 Å². The molecule has 2 fully saturated rings.